The van der Waals surface area contributed by atoms with E-state index in [0.29, 0.717) is 23.6 Å². The number of aryl methyl sites for hydroxylation is 2. The first-order valence-corrected chi connectivity index (χ1v) is 11.0. The summed E-state index contributed by atoms with van der Waals surface area (Å²) in [6.45, 7) is 7.05. The minimum atomic E-state index is -0.105. The van der Waals surface area contributed by atoms with Gasteiger partial charge in [0.2, 0.25) is 5.91 Å². The quantitative estimate of drug-likeness (QED) is 0.423. The molecule has 0 saturated heterocycles. The van der Waals surface area contributed by atoms with Gasteiger partial charge in [0.15, 0.2) is 5.16 Å². The number of hydrogen-bond acceptors (Lipinski definition) is 6. The number of benzene rings is 1. The number of nitrogens with one attached hydrogen (secondary N) is 1. The highest BCUT2D eigenvalue weighted by Crippen LogP contribution is 2.35. The number of carbonyl (C=O) groups excluding carboxylic acids is 1. The lowest BCUT2D eigenvalue weighted by atomic mass is 10.1. The molecule has 28 heavy (non-hydrogen) atoms. The van der Waals surface area contributed by atoms with Gasteiger partial charge in [0.1, 0.15) is 0 Å². The van der Waals surface area contributed by atoms with Crippen molar-refractivity contribution in [2.45, 2.75) is 42.5 Å². The van der Waals surface area contributed by atoms with Gasteiger partial charge in [0.05, 0.1) is 28.6 Å². The smallest absolute Gasteiger partial charge is 0.272 e. The topological polar surface area (TPSA) is 73.2 Å². The number of rotatable bonds is 7. The van der Waals surface area contributed by atoms with Gasteiger partial charge in [0.25, 0.3) is 5.56 Å². The Morgan fingerprint density at radius 3 is 2.75 bits per heavy atom. The Morgan fingerprint density at radius 2 is 2.07 bits per heavy atom. The molecule has 0 bridgehead atoms. The van der Waals surface area contributed by atoms with Gasteiger partial charge in [0, 0.05) is 25.3 Å². The molecule has 3 rings (SSSR count). The number of nitrogens with zero attached hydrogens (tertiary/aromatic N) is 2. The van der Waals surface area contributed by atoms with Crippen LogP contribution in [0.25, 0.3) is 5.69 Å². The number of fused-ring (bicyclic) bond motifs is 1. The van der Waals surface area contributed by atoms with E-state index in [0.717, 1.165) is 33.8 Å². The second kappa shape index (κ2) is 9.15. The van der Waals surface area contributed by atoms with Gasteiger partial charge < -0.3 is 10.1 Å². The van der Waals surface area contributed by atoms with E-state index < -0.39 is 0 Å². The van der Waals surface area contributed by atoms with Crippen molar-refractivity contribution < 1.29 is 9.53 Å². The number of ether oxygens (including phenoxy) is 1. The van der Waals surface area contributed by atoms with Crippen LogP contribution in [-0.4, -0.2) is 46.7 Å². The van der Waals surface area contributed by atoms with Crippen molar-refractivity contribution >= 4 is 29.4 Å². The second-order valence-electron chi connectivity index (χ2n) is 6.92. The second-order valence-corrected chi connectivity index (χ2v) is 9.31. The number of amides is 1. The summed E-state index contributed by atoms with van der Waals surface area (Å²) in [5.74, 6) is 0.0918. The molecule has 1 aromatic heterocycles. The van der Waals surface area contributed by atoms with E-state index >= 15 is 0 Å². The maximum Gasteiger partial charge on any atom is 0.272 e. The molecule has 150 valence electrons. The Balaban J connectivity index is 1.96. The Kier molecular flexibility index (Phi) is 6.85. The first-order chi connectivity index (χ1) is 13.4. The van der Waals surface area contributed by atoms with Crippen LogP contribution in [0.3, 0.4) is 0 Å². The van der Waals surface area contributed by atoms with Crippen LogP contribution in [0.1, 0.15) is 23.7 Å². The molecule has 0 spiro atoms. The Morgan fingerprint density at radius 1 is 1.36 bits per heavy atom. The lowest BCUT2D eigenvalue weighted by molar-refractivity contribution is -0.118. The van der Waals surface area contributed by atoms with Gasteiger partial charge in [-0.3, -0.25) is 14.2 Å². The zero-order valence-electron chi connectivity index (χ0n) is 16.6. The van der Waals surface area contributed by atoms with E-state index in [1.807, 2.05) is 26.0 Å². The third kappa shape index (κ3) is 4.79. The van der Waals surface area contributed by atoms with E-state index in [9.17, 15) is 9.59 Å². The highest BCUT2D eigenvalue weighted by molar-refractivity contribution is 8.00. The highest BCUT2D eigenvalue weighted by atomic mass is 32.2. The van der Waals surface area contributed by atoms with Crippen LogP contribution in [-0.2, 0) is 16.0 Å². The number of carbonyl (C=O) groups is 1. The molecule has 2 aromatic rings. The fourth-order valence-corrected chi connectivity index (χ4v) is 5.13. The summed E-state index contributed by atoms with van der Waals surface area (Å²) in [6, 6.07) is 6.03. The first kappa shape index (κ1) is 21.0. The Labute approximate surface area is 173 Å². The molecule has 1 aromatic carbocycles. The van der Waals surface area contributed by atoms with Gasteiger partial charge in [-0.15, -0.1) is 11.8 Å². The van der Waals surface area contributed by atoms with Gasteiger partial charge in [-0.05, 0) is 37.1 Å². The van der Waals surface area contributed by atoms with E-state index in [4.69, 9.17) is 9.72 Å². The number of aromatic nitrogens is 2. The zero-order valence-corrected chi connectivity index (χ0v) is 18.2. The molecule has 1 unspecified atom stereocenters. The summed E-state index contributed by atoms with van der Waals surface area (Å²) in [6.07, 6.45) is 0.774. The molecule has 0 aliphatic carbocycles. The van der Waals surface area contributed by atoms with Crippen molar-refractivity contribution in [1.29, 1.82) is 0 Å². The van der Waals surface area contributed by atoms with Crippen molar-refractivity contribution in [2.24, 2.45) is 0 Å². The van der Waals surface area contributed by atoms with Crippen LogP contribution in [0.5, 0.6) is 0 Å². The summed E-state index contributed by atoms with van der Waals surface area (Å²) in [5, 5.41) is 3.70. The predicted molar refractivity (Wildman–Crippen MR) is 114 cm³/mol. The normalized spacial score (nSPS) is 15.5. The predicted octanol–water partition coefficient (Wildman–Crippen LogP) is 2.74. The molecule has 8 heteroatoms. The van der Waals surface area contributed by atoms with Crippen molar-refractivity contribution in [3.63, 3.8) is 0 Å². The van der Waals surface area contributed by atoms with Crippen LogP contribution in [0.2, 0.25) is 0 Å². The van der Waals surface area contributed by atoms with Crippen LogP contribution in [0.4, 0.5) is 0 Å². The average molecular weight is 420 g/mol. The molecule has 0 radical (unpaired) electrons. The maximum atomic E-state index is 13.3. The van der Waals surface area contributed by atoms with Crippen molar-refractivity contribution in [2.75, 3.05) is 26.0 Å². The van der Waals surface area contributed by atoms with Crippen LogP contribution >= 0.6 is 23.5 Å². The van der Waals surface area contributed by atoms with Crippen molar-refractivity contribution in [3.8, 4) is 5.69 Å². The van der Waals surface area contributed by atoms with Crippen LogP contribution in [0, 0.1) is 13.8 Å². The van der Waals surface area contributed by atoms with Gasteiger partial charge >= 0.3 is 0 Å². The molecule has 1 aliphatic rings. The minimum absolute atomic E-state index is 0.0494. The van der Waals surface area contributed by atoms with Crippen LogP contribution in [0.15, 0.2) is 33.0 Å². The lowest BCUT2D eigenvalue weighted by Gasteiger charge is -2.15. The monoisotopic (exact) mass is 419 g/mol. The molecule has 1 atom stereocenters. The highest BCUT2D eigenvalue weighted by Gasteiger charge is 2.27. The number of methoxy groups -OCH3 is 1. The van der Waals surface area contributed by atoms with Crippen LogP contribution < -0.4 is 10.9 Å². The van der Waals surface area contributed by atoms with Crippen molar-refractivity contribution in [3.05, 3.63) is 45.4 Å². The summed E-state index contributed by atoms with van der Waals surface area (Å²) < 4.78 is 6.60. The molecule has 1 amide bonds. The summed E-state index contributed by atoms with van der Waals surface area (Å²) >= 11 is 2.87. The molecule has 6 nitrogen and oxygen atoms in total. The average Bonchev–Trinajstić information content (AvgIpc) is 3.00. The molecule has 0 fully saturated rings. The Bertz CT molecular complexity index is 923. The molecule has 2 heterocycles. The summed E-state index contributed by atoms with van der Waals surface area (Å²) in [4.78, 5) is 30.9. The largest absolute Gasteiger partial charge is 0.383 e. The fraction of sp³-hybridized carbons (Fsp3) is 0.450. The van der Waals surface area contributed by atoms with E-state index in [2.05, 4.69) is 18.3 Å². The minimum Gasteiger partial charge on any atom is -0.383 e. The van der Waals surface area contributed by atoms with E-state index in [1.165, 1.54) is 11.8 Å². The third-order valence-electron chi connectivity index (χ3n) is 4.31. The van der Waals surface area contributed by atoms with E-state index in [-0.39, 0.29) is 17.2 Å². The molecular weight excluding hydrogens is 394 g/mol. The molecule has 1 N–H and O–H groups in total. The summed E-state index contributed by atoms with van der Waals surface area (Å²) in [5.41, 5.74) is 3.74. The summed E-state index contributed by atoms with van der Waals surface area (Å²) in [7, 11) is 1.59. The maximum absolute atomic E-state index is 13.3. The fourth-order valence-electron chi connectivity index (χ4n) is 3.18. The lowest BCUT2D eigenvalue weighted by Crippen LogP contribution is -2.29. The number of thioether (sulfide) groups is 2. The van der Waals surface area contributed by atoms with Crippen molar-refractivity contribution in [1.82, 2.24) is 14.9 Å². The van der Waals surface area contributed by atoms with E-state index in [1.54, 1.807) is 23.4 Å². The first-order valence-electron chi connectivity index (χ1n) is 9.18. The van der Waals surface area contributed by atoms with Gasteiger partial charge in [-0.1, -0.05) is 24.8 Å². The SMILES string of the molecule is COCCNC(=O)CSc1nc2c(c(=O)n1-c1cc(C)cc(C)c1)SC(C)C2. The third-order valence-corrected chi connectivity index (χ3v) is 6.46. The zero-order chi connectivity index (χ0) is 20.3. The standard InChI is InChI=1S/C20H25N3O3S2/c1-12-7-13(2)9-15(8-12)23-19(25)18-16(10-14(3)28-18)22-20(23)27-11-17(24)21-5-6-26-4/h7-9,14H,5-6,10-11H2,1-4H3,(H,21,24). The van der Waals surface area contributed by atoms with Gasteiger partial charge in [-0.2, -0.15) is 0 Å². The molecule has 1 aliphatic heterocycles. The van der Waals surface area contributed by atoms with Gasteiger partial charge in [-0.25, -0.2) is 4.98 Å². The number of hydrogen-bond donors (Lipinski definition) is 1. The molecular formula is C20H25N3O3S2. The Hall–Kier alpha value is -1.77. The molecule has 0 saturated carbocycles.